The van der Waals surface area contributed by atoms with E-state index in [-0.39, 0.29) is 29.5 Å². The van der Waals surface area contributed by atoms with Gasteiger partial charge in [0.1, 0.15) is 0 Å². The van der Waals surface area contributed by atoms with Gasteiger partial charge in [-0.2, -0.15) is 13.2 Å². The fourth-order valence-corrected chi connectivity index (χ4v) is 6.68. The van der Waals surface area contributed by atoms with Crippen molar-refractivity contribution in [3.8, 4) is 11.1 Å². The largest absolute Gasteiger partial charge is 0.417 e. The second-order valence-corrected chi connectivity index (χ2v) is 13.4. The Morgan fingerprint density at radius 1 is 0.588 bits per heavy atom. The van der Waals surface area contributed by atoms with Crippen LogP contribution in [0.4, 0.5) is 13.2 Å². The maximum Gasteiger partial charge on any atom is 0.417 e. The van der Waals surface area contributed by atoms with E-state index in [2.05, 4.69) is 38.7 Å². The van der Waals surface area contributed by atoms with Crippen molar-refractivity contribution in [1.82, 2.24) is 20.4 Å². The van der Waals surface area contributed by atoms with Crippen molar-refractivity contribution in [2.75, 3.05) is 39.3 Å². The number of carbonyl (C=O) groups is 2. The number of hydrogen-bond donors (Lipinski definition) is 2. The van der Waals surface area contributed by atoms with Crippen molar-refractivity contribution in [3.63, 3.8) is 0 Å². The van der Waals surface area contributed by atoms with E-state index in [1.54, 1.807) is 35.2 Å². The Hall–Kier alpha value is -4.77. The van der Waals surface area contributed by atoms with Crippen LogP contribution in [0.1, 0.15) is 49.5 Å². The van der Waals surface area contributed by atoms with Crippen LogP contribution in [-0.4, -0.2) is 60.9 Å². The fraction of sp³-hybridized carbons (Fsp3) is 0.220. The highest BCUT2D eigenvalue weighted by atomic mass is 79.9. The molecule has 0 saturated carbocycles. The van der Waals surface area contributed by atoms with E-state index in [4.69, 9.17) is 0 Å². The third kappa shape index (κ3) is 9.13. The fourth-order valence-electron chi connectivity index (χ4n) is 6.42. The number of hydrogen-bond acceptors (Lipinski definition) is 4. The molecule has 2 aliphatic rings. The van der Waals surface area contributed by atoms with Crippen LogP contribution in [0.5, 0.6) is 0 Å². The van der Waals surface area contributed by atoms with Crippen molar-refractivity contribution < 1.29 is 22.8 Å². The Morgan fingerprint density at radius 2 is 1.02 bits per heavy atom. The monoisotopic (exact) mass is 754 g/mol. The van der Waals surface area contributed by atoms with Gasteiger partial charge in [-0.3, -0.25) is 9.59 Å². The molecule has 262 valence electrons. The highest BCUT2D eigenvalue weighted by Crippen LogP contribution is 2.37. The third-order valence-corrected chi connectivity index (χ3v) is 9.62. The molecule has 2 N–H and O–H groups in total. The van der Waals surface area contributed by atoms with Gasteiger partial charge in [-0.25, -0.2) is 0 Å². The molecule has 5 aromatic carbocycles. The Bertz CT molecular complexity index is 1910. The van der Waals surface area contributed by atoms with E-state index in [0.717, 1.165) is 34.8 Å². The maximum absolute atomic E-state index is 13.3. The predicted molar refractivity (Wildman–Crippen MR) is 197 cm³/mol. The average Bonchev–Trinajstić information content (AvgIpc) is 3.18. The quantitative estimate of drug-likeness (QED) is 0.189. The molecule has 0 aliphatic carbocycles. The summed E-state index contributed by atoms with van der Waals surface area (Å²) in [6.07, 6.45) is -4.43. The van der Waals surface area contributed by atoms with Gasteiger partial charge in [0.15, 0.2) is 0 Å². The number of nitrogens with one attached hydrogen (secondary N) is 2. The van der Waals surface area contributed by atoms with E-state index in [1.165, 1.54) is 17.7 Å². The van der Waals surface area contributed by atoms with Gasteiger partial charge in [0.25, 0.3) is 11.8 Å². The Morgan fingerprint density at radius 3 is 1.49 bits per heavy atom. The lowest BCUT2D eigenvalue weighted by Crippen LogP contribution is -2.48. The zero-order valence-corrected chi connectivity index (χ0v) is 29.4. The molecule has 2 saturated heterocycles. The summed E-state index contributed by atoms with van der Waals surface area (Å²) >= 11 is 3.40. The van der Waals surface area contributed by atoms with Gasteiger partial charge < -0.3 is 20.4 Å². The number of piperazine rings is 2. The number of nitrogens with zero attached hydrogens (tertiary/aromatic N) is 2. The molecule has 2 aliphatic heterocycles. The maximum atomic E-state index is 13.3. The summed E-state index contributed by atoms with van der Waals surface area (Å²) in [5.74, 6) is -0.0157. The first-order valence-electron chi connectivity index (χ1n) is 16.8. The standard InChI is InChI=1S/C24H21F3N2O.C17H17BrN2O/c25-24(26,27)21-9-5-4-8-20(21)17-10-12-19(13-11-17)23(30)29-15-14-28-22(16-29)18-6-2-1-3-7-18;18-15-8-6-14(7-9-15)17(21)20-11-10-19-16(12-20)13-4-2-1-3-5-13/h1-13,22,28H,14-16H2;1-9,16,19H,10-12H2. The lowest BCUT2D eigenvalue weighted by molar-refractivity contribution is -0.137. The first-order chi connectivity index (χ1) is 24.7. The number of benzene rings is 5. The molecule has 0 aromatic heterocycles. The molecule has 51 heavy (non-hydrogen) atoms. The zero-order chi connectivity index (χ0) is 35.8. The molecular formula is C41H38BrF3N4O2. The van der Waals surface area contributed by atoms with Crippen LogP contribution in [0.3, 0.4) is 0 Å². The van der Waals surface area contributed by atoms with Gasteiger partial charge in [-0.1, -0.05) is 107 Å². The van der Waals surface area contributed by atoms with Crippen LogP contribution in [0.15, 0.2) is 138 Å². The topological polar surface area (TPSA) is 64.7 Å². The van der Waals surface area contributed by atoms with Crippen LogP contribution >= 0.6 is 15.9 Å². The molecule has 7 rings (SSSR count). The van der Waals surface area contributed by atoms with Crippen molar-refractivity contribution in [3.05, 3.63) is 166 Å². The summed E-state index contributed by atoms with van der Waals surface area (Å²) in [5, 5.41) is 6.90. The molecule has 2 heterocycles. The molecule has 6 nitrogen and oxygen atoms in total. The van der Waals surface area contributed by atoms with Crippen LogP contribution in [-0.2, 0) is 6.18 Å². The van der Waals surface area contributed by atoms with E-state index in [1.807, 2.05) is 77.7 Å². The summed E-state index contributed by atoms with van der Waals surface area (Å²) in [4.78, 5) is 29.3. The van der Waals surface area contributed by atoms with Crippen LogP contribution in [0.25, 0.3) is 11.1 Å². The summed E-state index contributed by atoms with van der Waals surface area (Å²) in [5.41, 5.74) is 3.41. The van der Waals surface area contributed by atoms with Crippen molar-refractivity contribution in [1.29, 1.82) is 0 Å². The first-order valence-corrected chi connectivity index (χ1v) is 17.6. The molecule has 2 unspecified atom stereocenters. The smallest absolute Gasteiger partial charge is 0.335 e. The molecule has 0 bridgehead atoms. The molecule has 2 fully saturated rings. The van der Waals surface area contributed by atoms with Gasteiger partial charge in [0, 0.05) is 67.0 Å². The third-order valence-electron chi connectivity index (χ3n) is 9.10. The molecule has 5 aromatic rings. The van der Waals surface area contributed by atoms with Crippen molar-refractivity contribution >= 4 is 27.7 Å². The van der Waals surface area contributed by atoms with Crippen LogP contribution < -0.4 is 10.6 Å². The van der Waals surface area contributed by atoms with Gasteiger partial charge in [-0.15, -0.1) is 0 Å². The summed E-state index contributed by atoms with van der Waals surface area (Å²) < 4.78 is 40.9. The van der Waals surface area contributed by atoms with E-state index >= 15 is 0 Å². The van der Waals surface area contributed by atoms with Gasteiger partial charge in [0.2, 0.25) is 0 Å². The number of amides is 2. The number of halogens is 4. The second kappa shape index (κ2) is 16.5. The summed E-state index contributed by atoms with van der Waals surface area (Å²) in [6.45, 7) is 4.09. The normalized spacial score (nSPS) is 17.6. The van der Waals surface area contributed by atoms with E-state index in [0.29, 0.717) is 37.3 Å². The van der Waals surface area contributed by atoms with Crippen LogP contribution in [0, 0.1) is 0 Å². The summed E-state index contributed by atoms with van der Waals surface area (Å²) in [7, 11) is 0. The van der Waals surface area contributed by atoms with Gasteiger partial charge in [-0.05, 0) is 64.7 Å². The van der Waals surface area contributed by atoms with Crippen LogP contribution in [0.2, 0.25) is 0 Å². The molecule has 0 radical (unpaired) electrons. The minimum atomic E-state index is -4.43. The number of alkyl halides is 3. The lowest BCUT2D eigenvalue weighted by Gasteiger charge is -2.34. The second-order valence-electron chi connectivity index (χ2n) is 12.5. The summed E-state index contributed by atoms with van der Waals surface area (Å²) in [6, 6.07) is 39.9. The van der Waals surface area contributed by atoms with E-state index in [9.17, 15) is 22.8 Å². The number of carbonyl (C=O) groups excluding carboxylic acids is 2. The Labute approximate surface area is 304 Å². The zero-order valence-electron chi connectivity index (χ0n) is 27.8. The highest BCUT2D eigenvalue weighted by molar-refractivity contribution is 9.10. The Kier molecular flexibility index (Phi) is 11.7. The van der Waals surface area contributed by atoms with Crippen molar-refractivity contribution in [2.45, 2.75) is 18.3 Å². The molecular weight excluding hydrogens is 717 g/mol. The molecule has 2 amide bonds. The lowest BCUT2D eigenvalue weighted by atomic mass is 9.98. The van der Waals surface area contributed by atoms with Gasteiger partial charge >= 0.3 is 6.18 Å². The van der Waals surface area contributed by atoms with Gasteiger partial charge in [0.05, 0.1) is 5.56 Å². The number of rotatable bonds is 5. The molecule has 2 atom stereocenters. The SMILES string of the molecule is O=C(c1ccc(-c2ccccc2C(F)(F)F)cc1)N1CCNC(c2ccccc2)C1.O=C(c1ccc(Br)cc1)N1CCNC(c2ccccc2)C1. The minimum absolute atomic E-state index is 0.0573. The van der Waals surface area contributed by atoms with Crippen molar-refractivity contribution in [2.24, 2.45) is 0 Å². The predicted octanol–water partition coefficient (Wildman–Crippen LogP) is 8.39. The first kappa shape index (κ1) is 36.0. The molecule has 0 spiro atoms. The van der Waals surface area contributed by atoms with E-state index < -0.39 is 11.7 Å². The minimum Gasteiger partial charge on any atom is -0.335 e. The molecule has 10 heteroatoms. The highest BCUT2D eigenvalue weighted by Gasteiger charge is 2.33. The Balaban J connectivity index is 0.000000187. The average molecular weight is 756 g/mol.